The molecular formula is C27H34N2O5. The van der Waals surface area contributed by atoms with Gasteiger partial charge in [-0.3, -0.25) is 9.59 Å². The van der Waals surface area contributed by atoms with Crippen molar-refractivity contribution in [1.29, 1.82) is 0 Å². The zero-order chi connectivity index (χ0) is 24.7. The van der Waals surface area contributed by atoms with Crippen LogP contribution in [0.4, 0.5) is 4.79 Å². The second kappa shape index (κ2) is 11.7. The van der Waals surface area contributed by atoms with Crippen LogP contribution < -0.4 is 10.6 Å². The van der Waals surface area contributed by atoms with E-state index in [4.69, 9.17) is 9.84 Å². The molecule has 0 saturated carbocycles. The van der Waals surface area contributed by atoms with Gasteiger partial charge in [0.05, 0.1) is 6.42 Å². The average molecular weight is 467 g/mol. The summed E-state index contributed by atoms with van der Waals surface area (Å²) in [4.78, 5) is 35.5. The lowest BCUT2D eigenvalue weighted by Gasteiger charge is -2.21. The highest BCUT2D eigenvalue weighted by Gasteiger charge is 2.29. The summed E-state index contributed by atoms with van der Waals surface area (Å²) in [7, 11) is 0. The van der Waals surface area contributed by atoms with Gasteiger partial charge in [-0.05, 0) is 47.9 Å². The number of hydrogen-bond donors (Lipinski definition) is 3. The number of benzene rings is 2. The third-order valence-corrected chi connectivity index (χ3v) is 6.29. The lowest BCUT2D eigenvalue weighted by Crippen LogP contribution is -2.40. The Morgan fingerprint density at radius 3 is 2.09 bits per heavy atom. The summed E-state index contributed by atoms with van der Waals surface area (Å²) >= 11 is 0. The normalized spacial score (nSPS) is 14.1. The number of nitrogens with one attached hydrogen (secondary N) is 2. The van der Waals surface area contributed by atoms with E-state index in [9.17, 15) is 14.4 Å². The largest absolute Gasteiger partial charge is 0.481 e. The number of fused-ring (bicyclic) bond motifs is 3. The maximum absolute atomic E-state index is 12.4. The van der Waals surface area contributed by atoms with E-state index in [0.29, 0.717) is 12.8 Å². The molecule has 1 unspecified atom stereocenters. The third kappa shape index (κ3) is 6.59. The molecular weight excluding hydrogens is 432 g/mol. The first-order valence-electron chi connectivity index (χ1n) is 11.9. The van der Waals surface area contributed by atoms with Crippen LogP contribution in [0.15, 0.2) is 48.5 Å². The van der Waals surface area contributed by atoms with Crippen LogP contribution in [0.3, 0.4) is 0 Å². The summed E-state index contributed by atoms with van der Waals surface area (Å²) in [5.74, 6) is -1.06. The molecule has 0 heterocycles. The van der Waals surface area contributed by atoms with Gasteiger partial charge in [0.1, 0.15) is 6.61 Å². The van der Waals surface area contributed by atoms with Crippen LogP contribution in [0.25, 0.3) is 11.1 Å². The third-order valence-electron chi connectivity index (χ3n) is 6.29. The number of carboxylic acids is 1. The molecule has 2 amide bonds. The first kappa shape index (κ1) is 25.3. The molecule has 2 aromatic carbocycles. The number of carboxylic acid groups (broad SMARTS) is 1. The van der Waals surface area contributed by atoms with E-state index in [1.165, 1.54) is 11.1 Å². The fourth-order valence-electron chi connectivity index (χ4n) is 4.40. The van der Waals surface area contributed by atoms with Gasteiger partial charge in [0, 0.05) is 24.4 Å². The highest BCUT2D eigenvalue weighted by Crippen LogP contribution is 2.44. The average Bonchev–Trinajstić information content (AvgIpc) is 3.10. The van der Waals surface area contributed by atoms with E-state index in [2.05, 4.69) is 34.9 Å². The van der Waals surface area contributed by atoms with Gasteiger partial charge >= 0.3 is 12.1 Å². The Labute approximate surface area is 200 Å². The minimum absolute atomic E-state index is 0.0110. The number of alkyl carbamates (subject to hydrolysis) is 1. The summed E-state index contributed by atoms with van der Waals surface area (Å²) < 4.78 is 5.57. The van der Waals surface area contributed by atoms with Crippen LogP contribution in [0.2, 0.25) is 0 Å². The summed E-state index contributed by atoms with van der Waals surface area (Å²) in [6.07, 6.45) is 0.903. The predicted molar refractivity (Wildman–Crippen MR) is 131 cm³/mol. The van der Waals surface area contributed by atoms with Crippen molar-refractivity contribution in [2.24, 2.45) is 5.92 Å². The number of amides is 2. The first-order chi connectivity index (χ1) is 16.3. The van der Waals surface area contributed by atoms with Gasteiger partial charge in [-0.25, -0.2) is 4.79 Å². The highest BCUT2D eigenvalue weighted by atomic mass is 16.5. The van der Waals surface area contributed by atoms with Crippen molar-refractivity contribution in [3.8, 4) is 11.1 Å². The molecule has 0 aromatic heterocycles. The van der Waals surface area contributed by atoms with Crippen molar-refractivity contribution < 1.29 is 24.2 Å². The molecule has 0 bridgehead atoms. The first-order valence-corrected chi connectivity index (χ1v) is 11.9. The van der Waals surface area contributed by atoms with Crippen LogP contribution in [-0.2, 0) is 14.3 Å². The van der Waals surface area contributed by atoms with Gasteiger partial charge in [0.25, 0.3) is 0 Å². The summed E-state index contributed by atoms with van der Waals surface area (Å²) in [6, 6.07) is 15.8. The van der Waals surface area contributed by atoms with Gasteiger partial charge in [0.15, 0.2) is 0 Å². The predicted octanol–water partition coefficient (Wildman–Crippen LogP) is 4.70. The van der Waals surface area contributed by atoms with Crippen molar-refractivity contribution in [2.45, 2.75) is 64.5 Å². The number of carbonyl (C=O) groups excluding carboxylic acids is 2. The SMILES string of the molecule is CC(CCCC(=O)N[C@H](CC(=O)O)C(C)C)NC(=O)OCC1c2ccccc2-c2ccccc21. The van der Waals surface area contributed by atoms with Crippen molar-refractivity contribution in [2.75, 3.05) is 6.61 Å². The van der Waals surface area contributed by atoms with E-state index in [0.717, 1.165) is 11.1 Å². The Hall–Kier alpha value is -3.35. The van der Waals surface area contributed by atoms with Crippen LogP contribution >= 0.6 is 0 Å². The Kier molecular flexibility index (Phi) is 8.68. The van der Waals surface area contributed by atoms with Crippen LogP contribution in [0.1, 0.15) is 63.5 Å². The fraction of sp³-hybridized carbons (Fsp3) is 0.444. The molecule has 1 aliphatic carbocycles. The summed E-state index contributed by atoms with van der Waals surface area (Å²) in [6.45, 7) is 5.90. The number of ether oxygens (including phenoxy) is 1. The van der Waals surface area contributed by atoms with Gasteiger partial charge in [-0.1, -0.05) is 62.4 Å². The Balaban J connectivity index is 1.42. The number of aliphatic carboxylic acids is 1. The zero-order valence-electron chi connectivity index (χ0n) is 20.0. The number of carbonyl (C=O) groups is 3. The fourth-order valence-corrected chi connectivity index (χ4v) is 4.40. The maximum atomic E-state index is 12.4. The van der Waals surface area contributed by atoms with Crippen LogP contribution in [0.5, 0.6) is 0 Å². The van der Waals surface area contributed by atoms with Gasteiger partial charge in [-0.15, -0.1) is 0 Å². The monoisotopic (exact) mass is 466 g/mol. The van der Waals surface area contributed by atoms with Crippen LogP contribution in [0, 0.1) is 5.92 Å². The Bertz CT molecular complexity index is 974. The smallest absolute Gasteiger partial charge is 0.407 e. The molecule has 34 heavy (non-hydrogen) atoms. The minimum atomic E-state index is -0.931. The van der Waals surface area contributed by atoms with E-state index in [1.54, 1.807) is 0 Å². The molecule has 0 fully saturated rings. The van der Waals surface area contributed by atoms with Crippen molar-refractivity contribution in [3.63, 3.8) is 0 Å². The number of hydrogen-bond acceptors (Lipinski definition) is 4. The molecule has 0 spiro atoms. The second-order valence-electron chi connectivity index (χ2n) is 9.28. The van der Waals surface area contributed by atoms with Gasteiger partial charge in [0.2, 0.25) is 5.91 Å². The molecule has 3 rings (SSSR count). The lowest BCUT2D eigenvalue weighted by molar-refractivity contribution is -0.138. The second-order valence-corrected chi connectivity index (χ2v) is 9.28. The molecule has 3 N–H and O–H groups in total. The molecule has 7 nitrogen and oxygen atoms in total. The van der Waals surface area contributed by atoms with E-state index >= 15 is 0 Å². The highest BCUT2D eigenvalue weighted by molar-refractivity contribution is 5.79. The summed E-state index contributed by atoms with van der Waals surface area (Å²) in [5, 5.41) is 14.6. The molecule has 182 valence electrons. The van der Waals surface area contributed by atoms with Crippen molar-refractivity contribution >= 4 is 18.0 Å². The van der Waals surface area contributed by atoms with Crippen LogP contribution in [-0.4, -0.2) is 41.8 Å². The maximum Gasteiger partial charge on any atom is 0.407 e. The topological polar surface area (TPSA) is 105 Å². The molecule has 7 heteroatoms. The van der Waals surface area contributed by atoms with E-state index in [-0.39, 0.29) is 49.3 Å². The molecule has 0 radical (unpaired) electrons. The van der Waals surface area contributed by atoms with Gasteiger partial charge < -0.3 is 20.5 Å². The molecule has 0 saturated heterocycles. The molecule has 2 aromatic rings. The van der Waals surface area contributed by atoms with E-state index in [1.807, 2.05) is 45.0 Å². The lowest BCUT2D eigenvalue weighted by atomic mass is 9.98. The standard InChI is InChI=1S/C27H34N2O5/c1-17(2)24(15-26(31)32)29-25(30)14-8-9-18(3)28-27(33)34-16-23-21-12-6-4-10-19(21)20-11-5-7-13-22(20)23/h4-7,10-13,17-18,23-24H,8-9,14-16H2,1-3H3,(H,28,33)(H,29,30)(H,31,32)/t18?,24-/m1/s1. The summed E-state index contributed by atoms with van der Waals surface area (Å²) in [5.41, 5.74) is 4.69. The van der Waals surface area contributed by atoms with Crippen molar-refractivity contribution in [1.82, 2.24) is 10.6 Å². The molecule has 0 aliphatic heterocycles. The Morgan fingerprint density at radius 1 is 0.941 bits per heavy atom. The number of rotatable bonds is 11. The zero-order valence-corrected chi connectivity index (χ0v) is 20.0. The minimum Gasteiger partial charge on any atom is -0.481 e. The van der Waals surface area contributed by atoms with Gasteiger partial charge in [-0.2, -0.15) is 0 Å². The molecule has 2 atom stereocenters. The van der Waals surface area contributed by atoms with E-state index < -0.39 is 12.1 Å². The quantitative estimate of drug-likeness (QED) is 0.445. The van der Waals surface area contributed by atoms with Crippen molar-refractivity contribution in [3.05, 3.63) is 59.7 Å². The Morgan fingerprint density at radius 2 is 1.53 bits per heavy atom. The molecule has 1 aliphatic rings.